The zero-order valence-corrected chi connectivity index (χ0v) is 9.62. The number of hydrogen-bond acceptors (Lipinski definition) is 2. The van der Waals surface area contributed by atoms with Gasteiger partial charge in [0.2, 0.25) is 0 Å². The normalized spacial score (nSPS) is 10.1. The minimum absolute atomic E-state index is 0.772. The van der Waals surface area contributed by atoms with E-state index in [1.807, 2.05) is 18.2 Å². The van der Waals surface area contributed by atoms with E-state index in [-0.39, 0.29) is 0 Å². The Balaban J connectivity index is 2.66. The number of ether oxygens (including phenoxy) is 2. The van der Waals surface area contributed by atoms with Crippen LogP contribution in [0.25, 0.3) is 0 Å². The van der Waals surface area contributed by atoms with E-state index in [4.69, 9.17) is 9.47 Å². The van der Waals surface area contributed by atoms with Gasteiger partial charge in [-0.1, -0.05) is 13.0 Å². The molecule has 0 aliphatic carbocycles. The summed E-state index contributed by atoms with van der Waals surface area (Å²) in [6.07, 6.45) is 0.953. The van der Waals surface area contributed by atoms with Crippen LogP contribution in [0, 0.1) is 0 Å². The topological polar surface area (TPSA) is 32.6 Å². The van der Waals surface area contributed by atoms with Gasteiger partial charge in [-0.2, -0.15) is 0 Å². The van der Waals surface area contributed by atoms with E-state index in [0.29, 0.717) is 0 Å². The van der Waals surface area contributed by atoms with E-state index in [0.717, 1.165) is 31.0 Å². The zero-order valence-electron chi connectivity index (χ0n) is 9.62. The summed E-state index contributed by atoms with van der Waals surface area (Å²) in [5.74, 6) is 1.56. The SMILES string of the molecule is CC[N]CCc1ccc(OC)c(OC)c1. The fourth-order valence-corrected chi connectivity index (χ4v) is 1.40. The van der Waals surface area contributed by atoms with Gasteiger partial charge in [-0.05, 0) is 24.1 Å². The van der Waals surface area contributed by atoms with Gasteiger partial charge in [0.1, 0.15) is 0 Å². The summed E-state index contributed by atoms with van der Waals surface area (Å²) in [6.45, 7) is 3.80. The van der Waals surface area contributed by atoms with Crippen molar-refractivity contribution < 1.29 is 9.47 Å². The largest absolute Gasteiger partial charge is 0.493 e. The summed E-state index contributed by atoms with van der Waals surface area (Å²) < 4.78 is 10.4. The average molecular weight is 208 g/mol. The van der Waals surface area contributed by atoms with Crippen molar-refractivity contribution >= 4 is 0 Å². The first-order valence-electron chi connectivity index (χ1n) is 5.16. The molecule has 0 atom stereocenters. The van der Waals surface area contributed by atoms with Crippen LogP contribution in [0.5, 0.6) is 11.5 Å². The van der Waals surface area contributed by atoms with Crippen molar-refractivity contribution in [2.45, 2.75) is 13.3 Å². The molecule has 15 heavy (non-hydrogen) atoms. The maximum atomic E-state index is 5.23. The van der Waals surface area contributed by atoms with Gasteiger partial charge in [0.05, 0.1) is 14.2 Å². The van der Waals surface area contributed by atoms with Crippen molar-refractivity contribution in [2.75, 3.05) is 27.3 Å². The molecule has 83 valence electrons. The first-order chi connectivity index (χ1) is 7.31. The van der Waals surface area contributed by atoms with Gasteiger partial charge in [0.25, 0.3) is 0 Å². The Morgan fingerprint density at radius 1 is 1.13 bits per heavy atom. The van der Waals surface area contributed by atoms with Gasteiger partial charge >= 0.3 is 0 Å². The molecule has 3 nitrogen and oxygen atoms in total. The highest BCUT2D eigenvalue weighted by Crippen LogP contribution is 2.27. The first-order valence-corrected chi connectivity index (χ1v) is 5.16. The number of nitrogens with zero attached hydrogens (tertiary/aromatic N) is 1. The molecule has 0 aliphatic rings. The molecule has 0 saturated heterocycles. The third-order valence-corrected chi connectivity index (χ3v) is 2.23. The number of hydrogen-bond donors (Lipinski definition) is 0. The molecule has 1 rings (SSSR count). The Bertz CT molecular complexity index is 300. The van der Waals surface area contributed by atoms with Crippen LogP contribution in [0.1, 0.15) is 12.5 Å². The third-order valence-electron chi connectivity index (χ3n) is 2.23. The lowest BCUT2D eigenvalue weighted by atomic mass is 10.1. The van der Waals surface area contributed by atoms with E-state index >= 15 is 0 Å². The molecule has 0 amide bonds. The van der Waals surface area contributed by atoms with Crippen molar-refractivity contribution in [1.29, 1.82) is 0 Å². The van der Waals surface area contributed by atoms with Crippen molar-refractivity contribution in [2.24, 2.45) is 0 Å². The van der Waals surface area contributed by atoms with Crippen molar-refractivity contribution in [3.05, 3.63) is 23.8 Å². The highest BCUT2D eigenvalue weighted by atomic mass is 16.5. The second kappa shape index (κ2) is 6.30. The Kier molecular flexibility index (Phi) is 4.98. The molecule has 0 saturated carbocycles. The molecular weight excluding hydrogens is 190 g/mol. The summed E-state index contributed by atoms with van der Waals surface area (Å²) in [5, 5.41) is 4.29. The van der Waals surface area contributed by atoms with Crippen molar-refractivity contribution in [3.8, 4) is 11.5 Å². The smallest absolute Gasteiger partial charge is 0.160 e. The molecule has 0 spiro atoms. The van der Waals surface area contributed by atoms with Crippen LogP contribution in [0.2, 0.25) is 0 Å². The maximum Gasteiger partial charge on any atom is 0.160 e. The Hall–Kier alpha value is -1.22. The monoisotopic (exact) mass is 208 g/mol. The lowest BCUT2D eigenvalue weighted by Crippen LogP contribution is -2.08. The quantitative estimate of drug-likeness (QED) is 0.668. The molecule has 0 N–H and O–H groups in total. The summed E-state index contributed by atoms with van der Waals surface area (Å²) in [5.41, 5.74) is 1.23. The third kappa shape index (κ3) is 3.44. The minimum atomic E-state index is 0.772. The van der Waals surface area contributed by atoms with Crippen LogP contribution < -0.4 is 14.8 Å². The van der Waals surface area contributed by atoms with E-state index in [1.54, 1.807) is 14.2 Å². The summed E-state index contributed by atoms with van der Waals surface area (Å²) in [4.78, 5) is 0. The van der Waals surface area contributed by atoms with Crippen LogP contribution in [-0.4, -0.2) is 27.3 Å². The molecular formula is C12H18NO2. The molecule has 0 aromatic heterocycles. The van der Waals surface area contributed by atoms with Crippen LogP contribution in [0.3, 0.4) is 0 Å². The Labute approximate surface area is 91.4 Å². The fraction of sp³-hybridized carbons (Fsp3) is 0.500. The summed E-state index contributed by atoms with van der Waals surface area (Å²) in [7, 11) is 3.29. The van der Waals surface area contributed by atoms with Gasteiger partial charge in [-0.3, -0.25) is 0 Å². The zero-order chi connectivity index (χ0) is 11.1. The molecule has 0 aliphatic heterocycles. The molecule has 1 aromatic rings. The van der Waals surface area contributed by atoms with Gasteiger partial charge in [0.15, 0.2) is 11.5 Å². The number of methoxy groups -OCH3 is 2. The lowest BCUT2D eigenvalue weighted by Gasteiger charge is -2.09. The van der Waals surface area contributed by atoms with Gasteiger partial charge < -0.3 is 9.47 Å². The second-order valence-corrected chi connectivity index (χ2v) is 3.20. The minimum Gasteiger partial charge on any atom is -0.493 e. The van der Waals surface area contributed by atoms with Gasteiger partial charge in [-0.15, -0.1) is 0 Å². The standard InChI is InChI=1S/C12H18NO2/c1-4-13-8-7-10-5-6-11(14-2)12(9-10)15-3/h5-6,9H,4,7-8H2,1-3H3. The van der Waals surface area contributed by atoms with E-state index in [9.17, 15) is 0 Å². The number of rotatable bonds is 6. The highest BCUT2D eigenvalue weighted by Gasteiger charge is 2.03. The molecule has 1 radical (unpaired) electrons. The van der Waals surface area contributed by atoms with E-state index in [1.165, 1.54) is 5.56 Å². The molecule has 0 bridgehead atoms. The molecule has 1 aromatic carbocycles. The predicted molar refractivity (Wildman–Crippen MR) is 60.8 cm³/mol. The first kappa shape index (κ1) is 11.9. The maximum absolute atomic E-state index is 5.23. The van der Waals surface area contributed by atoms with E-state index < -0.39 is 0 Å². The van der Waals surface area contributed by atoms with Crippen LogP contribution >= 0.6 is 0 Å². The highest BCUT2D eigenvalue weighted by molar-refractivity contribution is 5.42. The van der Waals surface area contributed by atoms with Crippen molar-refractivity contribution in [1.82, 2.24) is 5.32 Å². The Morgan fingerprint density at radius 3 is 2.47 bits per heavy atom. The van der Waals surface area contributed by atoms with E-state index in [2.05, 4.69) is 12.2 Å². The van der Waals surface area contributed by atoms with Crippen LogP contribution in [-0.2, 0) is 6.42 Å². The molecule has 0 heterocycles. The lowest BCUT2D eigenvalue weighted by molar-refractivity contribution is 0.354. The number of benzene rings is 1. The second-order valence-electron chi connectivity index (χ2n) is 3.20. The predicted octanol–water partition coefficient (Wildman–Crippen LogP) is 1.87. The van der Waals surface area contributed by atoms with Crippen LogP contribution in [0.15, 0.2) is 18.2 Å². The summed E-state index contributed by atoms with van der Waals surface area (Å²) >= 11 is 0. The fourth-order valence-electron chi connectivity index (χ4n) is 1.40. The molecule has 0 unspecified atom stereocenters. The Morgan fingerprint density at radius 2 is 1.87 bits per heavy atom. The van der Waals surface area contributed by atoms with Gasteiger partial charge in [0, 0.05) is 13.1 Å². The molecule has 3 heteroatoms. The van der Waals surface area contributed by atoms with Crippen LogP contribution in [0.4, 0.5) is 0 Å². The number of likely N-dealkylation sites (N-methyl/N-ethyl adjacent to an activating group) is 1. The molecule has 0 fully saturated rings. The van der Waals surface area contributed by atoms with Gasteiger partial charge in [-0.25, -0.2) is 5.32 Å². The summed E-state index contributed by atoms with van der Waals surface area (Å²) in [6, 6.07) is 5.98. The van der Waals surface area contributed by atoms with Crippen molar-refractivity contribution in [3.63, 3.8) is 0 Å². The average Bonchev–Trinajstić information content (AvgIpc) is 2.29.